The van der Waals surface area contributed by atoms with Crippen LogP contribution in [0.15, 0.2) is 30.5 Å². The van der Waals surface area contributed by atoms with Crippen molar-refractivity contribution < 1.29 is 4.79 Å². The number of nitrogens with two attached hydrogens (primary N) is 1. The lowest BCUT2D eigenvalue weighted by Gasteiger charge is -2.33. The fourth-order valence-electron chi connectivity index (χ4n) is 1.82. The third-order valence-electron chi connectivity index (χ3n) is 3.78. The number of nitrogens with zero attached hydrogens (tertiary/aromatic N) is 2. The third kappa shape index (κ3) is 4.29. The van der Waals surface area contributed by atoms with Crippen molar-refractivity contribution in [3.63, 3.8) is 0 Å². The van der Waals surface area contributed by atoms with E-state index in [1.54, 1.807) is 0 Å². The molecule has 1 amide bonds. The van der Waals surface area contributed by atoms with E-state index < -0.39 is 5.54 Å². The van der Waals surface area contributed by atoms with Gasteiger partial charge in [-0.05, 0) is 25.0 Å². The first kappa shape index (κ1) is 20.6. The van der Waals surface area contributed by atoms with Crippen molar-refractivity contribution in [3.8, 4) is 0 Å². The van der Waals surface area contributed by atoms with Gasteiger partial charge in [-0.3, -0.25) is 9.78 Å². The minimum absolute atomic E-state index is 0. The molecular weight excluding hydrogens is 323 g/mol. The van der Waals surface area contributed by atoms with Crippen LogP contribution in [0.3, 0.4) is 0 Å². The topological polar surface area (TPSA) is 80.9 Å². The van der Waals surface area contributed by atoms with Gasteiger partial charge in [-0.2, -0.15) is 0 Å². The molecule has 22 heavy (non-hydrogen) atoms. The lowest BCUT2D eigenvalue weighted by molar-refractivity contribution is 0.0878. The number of hydrogen-bond donors (Lipinski definition) is 2. The molecule has 0 saturated carbocycles. The molecule has 0 aliphatic carbocycles. The number of para-hydroxylation sites is 2. The Balaban J connectivity index is 0.00000220. The number of benzene rings is 1. The predicted molar refractivity (Wildman–Crippen MR) is 93.8 cm³/mol. The van der Waals surface area contributed by atoms with Crippen molar-refractivity contribution in [2.75, 3.05) is 6.54 Å². The molecule has 0 saturated heterocycles. The molecule has 2 rings (SSSR count). The maximum Gasteiger partial charge on any atom is 0.271 e. The summed E-state index contributed by atoms with van der Waals surface area (Å²) in [7, 11) is 0. The molecule has 1 unspecified atom stereocenters. The standard InChI is InChI=1S/C15H20N4O.2ClH/c1-10(2)15(3,9-16)19-14(20)13-8-17-11-6-4-5-7-12(11)18-13;;/h4-8,10H,9,16H2,1-3H3,(H,19,20);2*1H. The summed E-state index contributed by atoms with van der Waals surface area (Å²) in [6.45, 7) is 6.36. The molecule has 0 bridgehead atoms. The Hall–Kier alpha value is -1.43. The van der Waals surface area contributed by atoms with Crippen LogP contribution in [0, 0.1) is 5.92 Å². The van der Waals surface area contributed by atoms with Crippen molar-refractivity contribution in [1.29, 1.82) is 0 Å². The second-order valence-electron chi connectivity index (χ2n) is 5.47. The molecule has 7 heteroatoms. The van der Waals surface area contributed by atoms with Crippen molar-refractivity contribution in [2.45, 2.75) is 26.3 Å². The quantitative estimate of drug-likeness (QED) is 0.892. The summed E-state index contributed by atoms with van der Waals surface area (Å²) in [5.41, 5.74) is 7.11. The van der Waals surface area contributed by atoms with Crippen LogP contribution >= 0.6 is 24.8 Å². The summed E-state index contributed by atoms with van der Waals surface area (Å²) in [6.07, 6.45) is 1.49. The smallest absolute Gasteiger partial charge is 0.271 e. The highest BCUT2D eigenvalue weighted by Gasteiger charge is 2.29. The number of aromatic nitrogens is 2. The van der Waals surface area contributed by atoms with Gasteiger partial charge in [-0.25, -0.2) is 4.98 Å². The van der Waals surface area contributed by atoms with Gasteiger partial charge in [0.05, 0.1) is 22.8 Å². The number of halogens is 2. The van der Waals surface area contributed by atoms with Crippen LogP contribution in [0.25, 0.3) is 11.0 Å². The van der Waals surface area contributed by atoms with Crippen LogP contribution in [0.5, 0.6) is 0 Å². The second kappa shape index (κ2) is 8.27. The van der Waals surface area contributed by atoms with E-state index >= 15 is 0 Å². The Morgan fingerprint density at radius 2 is 1.86 bits per heavy atom. The van der Waals surface area contributed by atoms with Gasteiger partial charge >= 0.3 is 0 Å². The Bertz CT molecular complexity index is 636. The number of rotatable bonds is 4. The molecule has 1 aromatic carbocycles. The molecule has 3 N–H and O–H groups in total. The Labute approximate surface area is 142 Å². The third-order valence-corrected chi connectivity index (χ3v) is 3.78. The average Bonchev–Trinajstić information content (AvgIpc) is 2.46. The van der Waals surface area contributed by atoms with Gasteiger partial charge in [0.2, 0.25) is 0 Å². The lowest BCUT2D eigenvalue weighted by Crippen LogP contribution is -2.55. The normalized spacial score (nSPS) is 13.0. The first-order valence-corrected chi connectivity index (χ1v) is 6.70. The summed E-state index contributed by atoms with van der Waals surface area (Å²) in [5.74, 6) is -0.0187. The Morgan fingerprint density at radius 3 is 2.41 bits per heavy atom. The fourth-order valence-corrected chi connectivity index (χ4v) is 1.82. The zero-order valence-electron chi connectivity index (χ0n) is 12.9. The first-order valence-electron chi connectivity index (χ1n) is 6.70. The minimum Gasteiger partial charge on any atom is -0.344 e. The summed E-state index contributed by atoms with van der Waals surface area (Å²) >= 11 is 0. The van der Waals surface area contributed by atoms with Crippen LogP contribution in [-0.2, 0) is 0 Å². The second-order valence-corrected chi connectivity index (χ2v) is 5.47. The van der Waals surface area contributed by atoms with Crippen molar-refractivity contribution in [1.82, 2.24) is 15.3 Å². The predicted octanol–water partition coefficient (Wildman–Crippen LogP) is 2.58. The molecule has 0 aliphatic rings. The minimum atomic E-state index is -0.454. The highest BCUT2D eigenvalue weighted by atomic mass is 35.5. The SMILES string of the molecule is CC(C)C(C)(CN)NC(=O)c1cnc2ccccc2n1.Cl.Cl. The van der Waals surface area contributed by atoms with E-state index in [0.717, 1.165) is 5.52 Å². The van der Waals surface area contributed by atoms with E-state index in [4.69, 9.17) is 5.73 Å². The van der Waals surface area contributed by atoms with E-state index in [0.29, 0.717) is 17.8 Å². The molecule has 0 fully saturated rings. The largest absolute Gasteiger partial charge is 0.344 e. The Morgan fingerprint density at radius 1 is 1.27 bits per heavy atom. The van der Waals surface area contributed by atoms with Gasteiger partial charge in [0.15, 0.2) is 0 Å². The van der Waals surface area contributed by atoms with Crippen LogP contribution in [0.4, 0.5) is 0 Å². The molecule has 0 spiro atoms. The first-order chi connectivity index (χ1) is 9.46. The van der Waals surface area contributed by atoms with Crippen molar-refractivity contribution in [2.24, 2.45) is 11.7 Å². The molecule has 122 valence electrons. The van der Waals surface area contributed by atoms with Crippen LogP contribution in [0.2, 0.25) is 0 Å². The number of carbonyl (C=O) groups is 1. The molecular formula is C15H22Cl2N4O. The number of amides is 1. The maximum absolute atomic E-state index is 12.3. The summed E-state index contributed by atoms with van der Waals surface area (Å²) < 4.78 is 0. The highest BCUT2D eigenvalue weighted by Crippen LogP contribution is 2.16. The van der Waals surface area contributed by atoms with Gasteiger partial charge < -0.3 is 11.1 Å². The molecule has 1 atom stereocenters. The maximum atomic E-state index is 12.3. The van der Waals surface area contributed by atoms with Gasteiger partial charge in [0, 0.05) is 6.54 Å². The number of carbonyl (C=O) groups excluding carboxylic acids is 1. The van der Waals surface area contributed by atoms with E-state index in [1.807, 2.05) is 45.0 Å². The molecule has 0 radical (unpaired) electrons. The Kier molecular flexibility index (Phi) is 7.73. The molecule has 1 heterocycles. The van der Waals surface area contributed by atoms with E-state index in [1.165, 1.54) is 6.20 Å². The molecule has 2 aromatic rings. The molecule has 0 aliphatic heterocycles. The number of fused-ring (bicyclic) bond motifs is 1. The van der Waals surface area contributed by atoms with E-state index in [9.17, 15) is 4.79 Å². The van der Waals surface area contributed by atoms with Crippen molar-refractivity contribution >= 4 is 41.8 Å². The van der Waals surface area contributed by atoms with Crippen LogP contribution in [-0.4, -0.2) is 28.0 Å². The highest BCUT2D eigenvalue weighted by molar-refractivity contribution is 5.94. The summed E-state index contributed by atoms with van der Waals surface area (Å²) in [6, 6.07) is 7.46. The van der Waals surface area contributed by atoms with Crippen LogP contribution in [0.1, 0.15) is 31.3 Å². The van der Waals surface area contributed by atoms with Gasteiger partial charge in [-0.15, -0.1) is 24.8 Å². The zero-order chi connectivity index (χ0) is 14.8. The van der Waals surface area contributed by atoms with Gasteiger partial charge in [0.25, 0.3) is 5.91 Å². The fraction of sp³-hybridized carbons (Fsp3) is 0.400. The summed E-state index contributed by atoms with van der Waals surface area (Å²) in [4.78, 5) is 20.9. The van der Waals surface area contributed by atoms with Crippen LogP contribution < -0.4 is 11.1 Å². The molecule has 1 aromatic heterocycles. The number of hydrogen-bond acceptors (Lipinski definition) is 4. The van der Waals surface area contributed by atoms with Gasteiger partial charge in [0.1, 0.15) is 5.69 Å². The zero-order valence-corrected chi connectivity index (χ0v) is 14.5. The van der Waals surface area contributed by atoms with E-state index in [-0.39, 0.29) is 36.6 Å². The number of nitrogens with one attached hydrogen (secondary N) is 1. The molecule has 5 nitrogen and oxygen atoms in total. The van der Waals surface area contributed by atoms with Gasteiger partial charge in [-0.1, -0.05) is 26.0 Å². The van der Waals surface area contributed by atoms with E-state index in [2.05, 4.69) is 15.3 Å². The lowest BCUT2D eigenvalue weighted by atomic mass is 9.88. The van der Waals surface area contributed by atoms with Crippen molar-refractivity contribution in [3.05, 3.63) is 36.2 Å². The summed E-state index contributed by atoms with van der Waals surface area (Å²) in [5, 5.41) is 2.96. The monoisotopic (exact) mass is 344 g/mol. The average molecular weight is 345 g/mol.